The summed E-state index contributed by atoms with van der Waals surface area (Å²) in [6.45, 7) is 1.07. The number of rotatable bonds is 2. The van der Waals surface area contributed by atoms with Gasteiger partial charge in [-0.1, -0.05) is 6.08 Å². The maximum atomic E-state index is 5.21. The Morgan fingerprint density at radius 1 is 1.39 bits per heavy atom. The molecule has 1 aliphatic carbocycles. The SMILES string of the molecule is COC1=CCC(c2ccc3c(n2)CCCN3)C=C1. The van der Waals surface area contributed by atoms with E-state index in [0.29, 0.717) is 5.92 Å². The van der Waals surface area contributed by atoms with E-state index in [4.69, 9.17) is 9.72 Å². The van der Waals surface area contributed by atoms with Crippen LogP contribution in [-0.4, -0.2) is 18.6 Å². The Bertz CT molecular complexity index is 505. The van der Waals surface area contributed by atoms with Crippen molar-refractivity contribution < 1.29 is 4.74 Å². The number of pyridine rings is 1. The number of hydrogen-bond acceptors (Lipinski definition) is 3. The number of aryl methyl sites for hydroxylation is 1. The Hall–Kier alpha value is -1.77. The highest BCUT2D eigenvalue weighted by molar-refractivity contribution is 5.50. The van der Waals surface area contributed by atoms with Crippen molar-refractivity contribution in [2.75, 3.05) is 19.0 Å². The maximum absolute atomic E-state index is 5.21. The molecule has 3 rings (SSSR count). The third-order valence-corrected chi connectivity index (χ3v) is 3.58. The topological polar surface area (TPSA) is 34.1 Å². The number of allylic oxidation sites excluding steroid dienone is 3. The first-order valence-electron chi connectivity index (χ1n) is 6.53. The van der Waals surface area contributed by atoms with Crippen molar-refractivity contribution in [2.45, 2.75) is 25.2 Å². The first-order valence-corrected chi connectivity index (χ1v) is 6.53. The fourth-order valence-corrected chi connectivity index (χ4v) is 2.53. The van der Waals surface area contributed by atoms with Gasteiger partial charge in [0.25, 0.3) is 0 Å². The second-order valence-corrected chi connectivity index (χ2v) is 4.77. The Balaban J connectivity index is 1.82. The zero-order chi connectivity index (χ0) is 12.4. The molecule has 18 heavy (non-hydrogen) atoms. The van der Waals surface area contributed by atoms with E-state index in [2.05, 4.69) is 29.6 Å². The monoisotopic (exact) mass is 242 g/mol. The number of nitrogens with zero attached hydrogens (tertiary/aromatic N) is 1. The Labute approximate surface area is 108 Å². The highest BCUT2D eigenvalue weighted by Gasteiger charge is 2.16. The van der Waals surface area contributed by atoms with E-state index in [-0.39, 0.29) is 0 Å². The number of methoxy groups -OCH3 is 1. The van der Waals surface area contributed by atoms with E-state index in [9.17, 15) is 0 Å². The third-order valence-electron chi connectivity index (χ3n) is 3.58. The van der Waals surface area contributed by atoms with Crippen molar-refractivity contribution in [3.63, 3.8) is 0 Å². The van der Waals surface area contributed by atoms with E-state index in [1.54, 1.807) is 7.11 Å². The molecular weight excluding hydrogens is 224 g/mol. The third kappa shape index (κ3) is 2.13. The van der Waals surface area contributed by atoms with E-state index in [1.165, 1.54) is 23.5 Å². The van der Waals surface area contributed by atoms with Gasteiger partial charge in [-0.2, -0.15) is 0 Å². The van der Waals surface area contributed by atoms with Crippen LogP contribution in [0.5, 0.6) is 0 Å². The molecule has 0 saturated heterocycles. The molecule has 2 heterocycles. The molecule has 94 valence electrons. The van der Waals surface area contributed by atoms with Crippen LogP contribution >= 0.6 is 0 Å². The van der Waals surface area contributed by atoms with Crippen LogP contribution in [0, 0.1) is 0 Å². The van der Waals surface area contributed by atoms with Gasteiger partial charge in [-0.3, -0.25) is 4.98 Å². The van der Waals surface area contributed by atoms with Crippen molar-refractivity contribution in [1.82, 2.24) is 4.98 Å². The molecule has 1 aliphatic heterocycles. The lowest BCUT2D eigenvalue weighted by Crippen LogP contribution is -2.14. The van der Waals surface area contributed by atoms with Gasteiger partial charge in [0, 0.05) is 18.2 Å². The van der Waals surface area contributed by atoms with E-state index in [0.717, 1.165) is 25.1 Å². The molecule has 1 atom stereocenters. The summed E-state index contributed by atoms with van der Waals surface area (Å²) in [5, 5.41) is 3.40. The number of fused-ring (bicyclic) bond motifs is 1. The molecule has 0 aromatic carbocycles. The van der Waals surface area contributed by atoms with E-state index >= 15 is 0 Å². The number of aromatic nitrogens is 1. The smallest absolute Gasteiger partial charge is 0.114 e. The molecule has 2 aliphatic rings. The van der Waals surface area contributed by atoms with Gasteiger partial charge in [-0.05, 0) is 43.5 Å². The van der Waals surface area contributed by atoms with Crippen molar-refractivity contribution >= 4 is 5.69 Å². The number of anilines is 1. The second-order valence-electron chi connectivity index (χ2n) is 4.77. The summed E-state index contributed by atoms with van der Waals surface area (Å²) < 4.78 is 5.21. The van der Waals surface area contributed by atoms with Gasteiger partial charge in [0.05, 0.1) is 18.5 Å². The first-order chi connectivity index (χ1) is 8.86. The fourth-order valence-electron chi connectivity index (χ4n) is 2.53. The quantitative estimate of drug-likeness (QED) is 0.865. The van der Waals surface area contributed by atoms with Gasteiger partial charge in [-0.25, -0.2) is 0 Å². The highest BCUT2D eigenvalue weighted by Crippen LogP contribution is 2.28. The van der Waals surface area contributed by atoms with Gasteiger partial charge in [-0.15, -0.1) is 0 Å². The lowest BCUT2D eigenvalue weighted by molar-refractivity contribution is 0.303. The Morgan fingerprint density at radius 3 is 3.11 bits per heavy atom. The van der Waals surface area contributed by atoms with E-state index in [1.807, 2.05) is 6.08 Å². The molecule has 0 bridgehead atoms. The maximum Gasteiger partial charge on any atom is 0.114 e. The molecule has 0 amide bonds. The molecular formula is C15H18N2O. The molecule has 1 N–H and O–H groups in total. The Kier molecular flexibility index (Phi) is 3.05. The van der Waals surface area contributed by atoms with Gasteiger partial charge < -0.3 is 10.1 Å². The predicted molar refractivity (Wildman–Crippen MR) is 72.6 cm³/mol. The molecule has 0 fully saturated rings. The lowest BCUT2D eigenvalue weighted by atomic mass is 9.95. The normalized spacial score (nSPS) is 21.8. The second kappa shape index (κ2) is 4.84. The summed E-state index contributed by atoms with van der Waals surface area (Å²) in [6, 6.07) is 4.30. The predicted octanol–water partition coefficient (Wildman–Crippen LogP) is 3.01. The summed E-state index contributed by atoms with van der Waals surface area (Å²) in [5.74, 6) is 1.34. The van der Waals surface area contributed by atoms with Gasteiger partial charge in [0.15, 0.2) is 0 Å². The number of ether oxygens (including phenoxy) is 1. The zero-order valence-corrected chi connectivity index (χ0v) is 10.6. The van der Waals surface area contributed by atoms with Gasteiger partial charge in [0.2, 0.25) is 0 Å². The lowest BCUT2D eigenvalue weighted by Gasteiger charge is -2.20. The van der Waals surface area contributed by atoms with Crippen molar-refractivity contribution in [3.8, 4) is 0 Å². The molecule has 1 unspecified atom stereocenters. The van der Waals surface area contributed by atoms with Crippen LogP contribution in [0.25, 0.3) is 0 Å². The minimum atomic E-state index is 0.385. The average molecular weight is 242 g/mol. The zero-order valence-electron chi connectivity index (χ0n) is 10.6. The summed E-state index contributed by atoms with van der Waals surface area (Å²) in [5.41, 5.74) is 3.59. The fraction of sp³-hybridized carbons (Fsp3) is 0.400. The first kappa shape index (κ1) is 11.3. The average Bonchev–Trinajstić information content (AvgIpc) is 2.47. The van der Waals surface area contributed by atoms with Crippen molar-refractivity contribution in [1.29, 1.82) is 0 Å². The van der Waals surface area contributed by atoms with Crippen LogP contribution < -0.4 is 5.32 Å². The molecule has 3 heteroatoms. The molecule has 0 spiro atoms. The van der Waals surface area contributed by atoms with Crippen LogP contribution in [0.4, 0.5) is 5.69 Å². The summed E-state index contributed by atoms with van der Waals surface area (Å²) in [7, 11) is 1.71. The van der Waals surface area contributed by atoms with Crippen LogP contribution in [0.3, 0.4) is 0 Å². The summed E-state index contributed by atoms with van der Waals surface area (Å²) in [6.07, 6.45) is 9.59. The number of nitrogens with one attached hydrogen (secondary N) is 1. The highest BCUT2D eigenvalue weighted by atomic mass is 16.5. The van der Waals surface area contributed by atoms with Gasteiger partial charge >= 0.3 is 0 Å². The minimum absolute atomic E-state index is 0.385. The molecule has 1 aromatic rings. The number of hydrogen-bond donors (Lipinski definition) is 1. The van der Waals surface area contributed by atoms with Crippen LogP contribution in [0.2, 0.25) is 0 Å². The van der Waals surface area contributed by atoms with Crippen molar-refractivity contribution in [2.24, 2.45) is 0 Å². The standard InChI is InChI=1S/C15H18N2O/c1-18-12-6-4-11(5-7-12)13-8-9-14-15(17-13)3-2-10-16-14/h4,6-9,11,16H,2-3,5,10H2,1H3. The largest absolute Gasteiger partial charge is 0.497 e. The van der Waals surface area contributed by atoms with Crippen molar-refractivity contribution in [3.05, 3.63) is 47.5 Å². The van der Waals surface area contributed by atoms with Crippen LogP contribution in [0.1, 0.15) is 30.1 Å². The minimum Gasteiger partial charge on any atom is -0.497 e. The molecule has 0 radical (unpaired) electrons. The summed E-state index contributed by atoms with van der Waals surface area (Å²) >= 11 is 0. The molecule has 1 aromatic heterocycles. The van der Waals surface area contributed by atoms with Crippen LogP contribution in [-0.2, 0) is 11.2 Å². The molecule has 3 nitrogen and oxygen atoms in total. The van der Waals surface area contributed by atoms with E-state index < -0.39 is 0 Å². The van der Waals surface area contributed by atoms with Crippen LogP contribution in [0.15, 0.2) is 36.1 Å². The Morgan fingerprint density at radius 2 is 2.33 bits per heavy atom. The summed E-state index contributed by atoms with van der Waals surface area (Å²) in [4.78, 5) is 4.80. The van der Waals surface area contributed by atoms with Gasteiger partial charge in [0.1, 0.15) is 5.76 Å². The molecule has 0 saturated carbocycles.